The van der Waals surface area contributed by atoms with E-state index in [4.69, 9.17) is 9.84 Å². The lowest BCUT2D eigenvalue weighted by atomic mass is 10.2. The highest BCUT2D eigenvalue weighted by Crippen LogP contribution is 2.14. The standard InChI is InChI=1S/C14H14N2O2/c1-18-14-8-4-12(5-9-14)16-15-10-11-2-6-13(17)7-3-11/h2-10,16-17H,1H3/b15-10+. The van der Waals surface area contributed by atoms with E-state index in [0.29, 0.717) is 0 Å². The van der Waals surface area contributed by atoms with Crippen LogP contribution in [0, 0.1) is 0 Å². The van der Waals surface area contributed by atoms with Crippen LogP contribution in [0.2, 0.25) is 0 Å². The van der Waals surface area contributed by atoms with Crippen LogP contribution >= 0.6 is 0 Å². The molecule has 0 aliphatic carbocycles. The van der Waals surface area contributed by atoms with Gasteiger partial charge in [0, 0.05) is 0 Å². The second-order valence-corrected chi connectivity index (χ2v) is 3.69. The topological polar surface area (TPSA) is 53.8 Å². The summed E-state index contributed by atoms with van der Waals surface area (Å²) in [5, 5.41) is 13.2. The first-order chi connectivity index (χ1) is 8.78. The highest BCUT2D eigenvalue weighted by molar-refractivity contribution is 5.80. The maximum absolute atomic E-state index is 9.14. The van der Waals surface area contributed by atoms with Crippen molar-refractivity contribution in [2.75, 3.05) is 12.5 Å². The predicted octanol–water partition coefficient (Wildman–Crippen LogP) is 2.85. The molecule has 0 bridgehead atoms. The highest BCUT2D eigenvalue weighted by atomic mass is 16.5. The molecule has 0 unspecified atom stereocenters. The Morgan fingerprint density at radius 1 is 1.06 bits per heavy atom. The molecule has 2 N–H and O–H groups in total. The largest absolute Gasteiger partial charge is 0.508 e. The van der Waals surface area contributed by atoms with Crippen molar-refractivity contribution in [3.05, 3.63) is 54.1 Å². The number of ether oxygens (including phenoxy) is 1. The van der Waals surface area contributed by atoms with Gasteiger partial charge in [-0.3, -0.25) is 5.43 Å². The molecule has 0 fully saturated rings. The average Bonchev–Trinajstić information content (AvgIpc) is 2.42. The number of nitrogens with zero attached hydrogens (tertiary/aromatic N) is 1. The number of benzene rings is 2. The summed E-state index contributed by atoms with van der Waals surface area (Å²) in [7, 11) is 1.63. The first kappa shape index (κ1) is 12.0. The van der Waals surface area contributed by atoms with Crippen LogP contribution in [-0.4, -0.2) is 18.4 Å². The third kappa shape index (κ3) is 3.25. The third-order valence-corrected chi connectivity index (χ3v) is 2.39. The smallest absolute Gasteiger partial charge is 0.119 e. The molecule has 0 aliphatic heterocycles. The van der Waals surface area contributed by atoms with Crippen molar-refractivity contribution in [3.8, 4) is 11.5 Å². The first-order valence-electron chi connectivity index (χ1n) is 5.50. The highest BCUT2D eigenvalue weighted by Gasteiger charge is 1.92. The minimum atomic E-state index is 0.246. The second-order valence-electron chi connectivity index (χ2n) is 3.69. The number of anilines is 1. The lowest BCUT2D eigenvalue weighted by Gasteiger charge is -2.02. The van der Waals surface area contributed by atoms with Gasteiger partial charge < -0.3 is 9.84 Å². The summed E-state index contributed by atoms with van der Waals surface area (Å²) < 4.78 is 5.06. The Balaban J connectivity index is 1.95. The number of rotatable bonds is 4. The van der Waals surface area contributed by atoms with E-state index in [9.17, 15) is 0 Å². The van der Waals surface area contributed by atoms with E-state index in [1.165, 1.54) is 0 Å². The number of aromatic hydroxyl groups is 1. The minimum Gasteiger partial charge on any atom is -0.508 e. The zero-order valence-electron chi connectivity index (χ0n) is 10.00. The number of hydrazone groups is 1. The number of methoxy groups -OCH3 is 1. The van der Waals surface area contributed by atoms with Crippen LogP contribution in [0.1, 0.15) is 5.56 Å². The summed E-state index contributed by atoms with van der Waals surface area (Å²) in [5.74, 6) is 1.05. The van der Waals surface area contributed by atoms with Crippen molar-refractivity contribution < 1.29 is 9.84 Å². The monoisotopic (exact) mass is 242 g/mol. The number of nitrogens with one attached hydrogen (secondary N) is 1. The second kappa shape index (κ2) is 5.72. The van der Waals surface area contributed by atoms with Crippen LogP contribution in [0.4, 0.5) is 5.69 Å². The Morgan fingerprint density at radius 3 is 2.33 bits per heavy atom. The van der Waals surface area contributed by atoms with Gasteiger partial charge in [0.15, 0.2) is 0 Å². The van der Waals surface area contributed by atoms with Crippen LogP contribution in [-0.2, 0) is 0 Å². The fourth-order valence-corrected chi connectivity index (χ4v) is 1.41. The molecule has 0 spiro atoms. The van der Waals surface area contributed by atoms with Gasteiger partial charge in [0.2, 0.25) is 0 Å². The van der Waals surface area contributed by atoms with Crippen LogP contribution in [0.3, 0.4) is 0 Å². The number of phenolic OH excluding ortho intramolecular Hbond substituents is 1. The Kier molecular flexibility index (Phi) is 3.81. The van der Waals surface area contributed by atoms with E-state index < -0.39 is 0 Å². The van der Waals surface area contributed by atoms with Crippen molar-refractivity contribution in [2.24, 2.45) is 5.10 Å². The number of hydrogen-bond donors (Lipinski definition) is 2. The lowest BCUT2D eigenvalue weighted by molar-refractivity contribution is 0.415. The predicted molar refractivity (Wildman–Crippen MR) is 72.3 cm³/mol. The fourth-order valence-electron chi connectivity index (χ4n) is 1.41. The molecular formula is C14H14N2O2. The SMILES string of the molecule is COc1ccc(N/N=C/c2ccc(O)cc2)cc1. The van der Waals surface area contributed by atoms with Gasteiger partial charge in [0.05, 0.1) is 19.0 Å². The molecule has 18 heavy (non-hydrogen) atoms. The normalized spacial score (nSPS) is 10.5. The van der Waals surface area contributed by atoms with Gasteiger partial charge in [0.1, 0.15) is 11.5 Å². The zero-order chi connectivity index (χ0) is 12.8. The van der Waals surface area contributed by atoms with E-state index in [0.717, 1.165) is 17.0 Å². The van der Waals surface area contributed by atoms with Crippen molar-refractivity contribution in [1.82, 2.24) is 0 Å². The van der Waals surface area contributed by atoms with Crippen molar-refractivity contribution >= 4 is 11.9 Å². The Bertz CT molecular complexity index is 518. The van der Waals surface area contributed by atoms with Crippen LogP contribution in [0.15, 0.2) is 53.6 Å². The molecule has 0 atom stereocenters. The molecule has 2 aromatic carbocycles. The van der Waals surface area contributed by atoms with E-state index in [1.807, 2.05) is 24.3 Å². The Morgan fingerprint density at radius 2 is 1.72 bits per heavy atom. The number of phenols is 1. The Hall–Kier alpha value is -2.49. The molecule has 0 aromatic heterocycles. The molecule has 0 heterocycles. The van der Waals surface area contributed by atoms with Gasteiger partial charge in [-0.2, -0.15) is 5.10 Å². The summed E-state index contributed by atoms with van der Waals surface area (Å²) in [6.45, 7) is 0. The number of hydrogen-bond acceptors (Lipinski definition) is 4. The molecule has 0 saturated carbocycles. The van der Waals surface area contributed by atoms with Gasteiger partial charge in [-0.15, -0.1) is 0 Å². The summed E-state index contributed by atoms with van der Waals surface area (Å²) in [5.41, 5.74) is 4.70. The van der Waals surface area contributed by atoms with Gasteiger partial charge >= 0.3 is 0 Å². The van der Waals surface area contributed by atoms with E-state index in [1.54, 1.807) is 37.6 Å². The molecule has 0 aliphatic rings. The molecule has 4 heteroatoms. The molecule has 0 amide bonds. The zero-order valence-corrected chi connectivity index (χ0v) is 10.00. The molecular weight excluding hydrogens is 228 g/mol. The van der Waals surface area contributed by atoms with Crippen molar-refractivity contribution in [1.29, 1.82) is 0 Å². The summed E-state index contributed by atoms with van der Waals surface area (Å²) >= 11 is 0. The van der Waals surface area contributed by atoms with Crippen molar-refractivity contribution in [2.45, 2.75) is 0 Å². The maximum atomic E-state index is 9.14. The summed E-state index contributed by atoms with van der Waals surface area (Å²) in [6, 6.07) is 14.3. The lowest BCUT2D eigenvalue weighted by Crippen LogP contribution is -1.90. The van der Waals surface area contributed by atoms with Gasteiger partial charge in [-0.05, 0) is 54.1 Å². The molecule has 0 saturated heterocycles. The molecule has 2 aromatic rings. The third-order valence-electron chi connectivity index (χ3n) is 2.39. The maximum Gasteiger partial charge on any atom is 0.119 e. The first-order valence-corrected chi connectivity index (χ1v) is 5.50. The Labute approximate surface area is 106 Å². The van der Waals surface area contributed by atoms with Crippen LogP contribution < -0.4 is 10.2 Å². The van der Waals surface area contributed by atoms with E-state index in [-0.39, 0.29) is 5.75 Å². The molecule has 0 radical (unpaired) electrons. The van der Waals surface area contributed by atoms with E-state index in [2.05, 4.69) is 10.5 Å². The molecule has 4 nitrogen and oxygen atoms in total. The van der Waals surface area contributed by atoms with E-state index >= 15 is 0 Å². The summed E-state index contributed by atoms with van der Waals surface area (Å²) in [6.07, 6.45) is 1.68. The van der Waals surface area contributed by atoms with Gasteiger partial charge in [0.25, 0.3) is 0 Å². The van der Waals surface area contributed by atoms with Crippen LogP contribution in [0.5, 0.6) is 11.5 Å². The van der Waals surface area contributed by atoms with Crippen LogP contribution in [0.25, 0.3) is 0 Å². The van der Waals surface area contributed by atoms with Crippen molar-refractivity contribution in [3.63, 3.8) is 0 Å². The average molecular weight is 242 g/mol. The quantitative estimate of drug-likeness (QED) is 0.640. The van der Waals surface area contributed by atoms with Gasteiger partial charge in [-0.1, -0.05) is 0 Å². The van der Waals surface area contributed by atoms with Gasteiger partial charge in [-0.25, -0.2) is 0 Å². The minimum absolute atomic E-state index is 0.246. The molecule has 92 valence electrons. The molecule has 2 rings (SSSR count). The summed E-state index contributed by atoms with van der Waals surface area (Å²) in [4.78, 5) is 0. The fraction of sp³-hybridized carbons (Fsp3) is 0.0714.